The zero-order chi connectivity index (χ0) is 29.2. The molecule has 2 N–H and O–H groups in total. The molecule has 6 rings (SSSR count). The van der Waals surface area contributed by atoms with E-state index in [-0.39, 0.29) is 23.3 Å². The molecule has 42 heavy (non-hydrogen) atoms. The molecule has 2 aromatic carbocycles. The van der Waals surface area contributed by atoms with Crippen LogP contribution in [0.5, 0.6) is 0 Å². The van der Waals surface area contributed by atoms with Gasteiger partial charge in [0.1, 0.15) is 0 Å². The molecule has 4 heterocycles. The Labute approximate surface area is 242 Å². The van der Waals surface area contributed by atoms with E-state index in [1.54, 1.807) is 16.8 Å². The summed E-state index contributed by atoms with van der Waals surface area (Å²) in [6.45, 7) is 5.87. The second-order valence-electron chi connectivity index (χ2n) is 10.6. The van der Waals surface area contributed by atoms with Crippen molar-refractivity contribution in [3.05, 3.63) is 77.8 Å². The van der Waals surface area contributed by atoms with Gasteiger partial charge in [-0.2, -0.15) is 0 Å². The van der Waals surface area contributed by atoms with E-state index in [2.05, 4.69) is 26.7 Å². The van der Waals surface area contributed by atoms with Crippen LogP contribution in [0.4, 0.5) is 20.3 Å². The number of rotatable bonds is 6. The van der Waals surface area contributed by atoms with Crippen LogP contribution in [0, 0.1) is 23.6 Å². The molecule has 0 bridgehead atoms. The van der Waals surface area contributed by atoms with Gasteiger partial charge in [-0.25, -0.2) is 18.7 Å². The van der Waals surface area contributed by atoms with Crippen molar-refractivity contribution >= 4 is 29.0 Å². The van der Waals surface area contributed by atoms with Gasteiger partial charge in [0.05, 0.1) is 11.9 Å². The number of anilines is 2. The molecular formula is C31H32F2N7O2. The van der Waals surface area contributed by atoms with E-state index in [4.69, 9.17) is 0 Å². The summed E-state index contributed by atoms with van der Waals surface area (Å²) < 4.78 is 29.9. The maximum Gasteiger partial charge on any atom is 0.254 e. The lowest BCUT2D eigenvalue weighted by Gasteiger charge is -2.37. The number of fused-ring (bicyclic) bond motifs is 1. The molecule has 2 fully saturated rings. The number of amides is 2. The number of nitrogens with zero attached hydrogens (tertiary/aromatic N) is 5. The first-order chi connectivity index (χ1) is 20.4. The Hall–Kier alpha value is -4.38. The lowest BCUT2D eigenvalue weighted by molar-refractivity contribution is -0.137. The molecule has 2 aliphatic heterocycles. The van der Waals surface area contributed by atoms with Crippen molar-refractivity contribution in [2.24, 2.45) is 5.92 Å². The van der Waals surface area contributed by atoms with Crippen molar-refractivity contribution < 1.29 is 18.4 Å². The summed E-state index contributed by atoms with van der Waals surface area (Å²) in [5, 5.41) is 6.56. The summed E-state index contributed by atoms with van der Waals surface area (Å²) in [7, 11) is 0. The molecule has 0 spiro atoms. The number of hydrogen-bond acceptors (Lipinski definition) is 6. The zero-order valence-electron chi connectivity index (χ0n) is 23.4. The van der Waals surface area contributed by atoms with Gasteiger partial charge in [0.25, 0.3) is 5.91 Å². The molecule has 217 valence electrons. The summed E-state index contributed by atoms with van der Waals surface area (Å²) >= 11 is 0. The molecule has 1 radical (unpaired) electrons. The predicted molar refractivity (Wildman–Crippen MR) is 154 cm³/mol. The highest BCUT2D eigenvalue weighted by molar-refractivity contribution is 5.96. The zero-order valence-corrected chi connectivity index (χ0v) is 23.4. The SMILES string of the molecule is CCc1cc(Nc2nccn3c(-c4cc[c]c(F)c4F)cnc23)ccc1C(=O)N1CCN(C(=O)C2CCNCC2)CC1. The number of benzene rings is 2. The Morgan fingerprint density at radius 2 is 1.83 bits per heavy atom. The first kappa shape index (κ1) is 27.8. The Balaban J connectivity index is 1.17. The predicted octanol–water partition coefficient (Wildman–Crippen LogP) is 4.06. The highest BCUT2D eigenvalue weighted by Crippen LogP contribution is 2.29. The molecule has 4 aromatic rings. The van der Waals surface area contributed by atoms with E-state index in [1.807, 2.05) is 34.9 Å². The number of carbonyl (C=O) groups is 2. The number of hydrogen-bond donors (Lipinski definition) is 2. The fourth-order valence-electron chi connectivity index (χ4n) is 5.79. The Kier molecular flexibility index (Phi) is 7.84. The minimum absolute atomic E-state index is 0.0418. The number of carbonyl (C=O) groups excluding carboxylic acids is 2. The average Bonchev–Trinajstić information content (AvgIpc) is 3.47. The molecule has 0 aliphatic carbocycles. The summed E-state index contributed by atoms with van der Waals surface area (Å²) in [5.41, 5.74) is 3.13. The van der Waals surface area contributed by atoms with Crippen molar-refractivity contribution in [3.63, 3.8) is 0 Å². The van der Waals surface area contributed by atoms with Gasteiger partial charge in [-0.05, 0) is 62.2 Å². The second kappa shape index (κ2) is 11.8. The maximum absolute atomic E-state index is 14.5. The van der Waals surface area contributed by atoms with Crippen molar-refractivity contribution in [2.45, 2.75) is 26.2 Å². The van der Waals surface area contributed by atoms with Crippen LogP contribution < -0.4 is 10.6 Å². The minimum atomic E-state index is -1.05. The standard InChI is InChI=1S/C31H32F2N7O2/c1-2-20-18-22(37-28-29-36-19-26(40(29)13-12-35-28)24-4-3-5-25(32)27(24)33)6-7-23(20)31(42)39-16-14-38(15-17-39)30(41)21-8-10-34-11-9-21/h3-4,6-7,12-13,18-19,21,34H,2,8-11,14-17H2,1H3,(H,35,37). The number of piperidine rings is 1. The molecule has 2 aromatic heterocycles. The largest absolute Gasteiger partial charge is 0.339 e. The van der Waals surface area contributed by atoms with Crippen LogP contribution in [0.25, 0.3) is 16.9 Å². The molecule has 11 heteroatoms. The molecule has 2 aliphatic rings. The highest BCUT2D eigenvalue weighted by atomic mass is 19.2. The van der Waals surface area contributed by atoms with Crippen LogP contribution in [0.2, 0.25) is 0 Å². The van der Waals surface area contributed by atoms with Crippen molar-refractivity contribution in [1.29, 1.82) is 0 Å². The maximum atomic E-state index is 14.5. The lowest BCUT2D eigenvalue weighted by Crippen LogP contribution is -2.52. The van der Waals surface area contributed by atoms with Crippen LogP contribution in [0.15, 0.2) is 48.9 Å². The van der Waals surface area contributed by atoms with E-state index in [1.165, 1.54) is 18.3 Å². The first-order valence-electron chi connectivity index (χ1n) is 14.3. The molecule has 9 nitrogen and oxygen atoms in total. The van der Waals surface area contributed by atoms with E-state index in [0.29, 0.717) is 55.3 Å². The number of imidazole rings is 1. The quantitative estimate of drug-likeness (QED) is 0.362. The minimum Gasteiger partial charge on any atom is -0.339 e. The first-order valence-corrected chi connectivity index (χ1v) is 14.3. The topological polar surface area (TPSA) is 94.9 Å². The van der Waals surface area contributed by atoms with Gasteiger partial charge in [-0.15, -0.1) is 0 Å². The van der Waals surface area contributed by atoms with E-state index >= 15 is 0 Å². The fraction of sp³-hybridized carbons (Fsp3) is 0.355. The lowest BCUT2D eigenvalue weighted by atomic mass is 9.96. The Bertz CT molecular complexity index is 1630. The van der Waals surface area contributed by atoms with Gasteiger partial charge in [0, 0.05) is 67.4 Å². The van der Waals surface area contributed by atoms with Crippen LogP contribution in [-0.2, 0) is 11.2 Å². The number of nitrogens with one attached hydrogen (secondary N) is 2. The normalized spacial score (nSPS) is 16.2. The summed E-state index contributed by atoms with van der Waals surface area (Å²) in [6.07, 6.45) is 7.04. The number of halogens is 2. The number of aromatic nitrogens is 3. The summed E-state index contributed by atoms with van der Waals surface area (Å²) in [4.78, 5) is 39.0. The molecular weight excluding hydrogens is 540 g/mol. The van der Waals surface area contributed by atoms with E-state index in [0.717, 1.165) is 37.2 Å². The van der Waals surface area contributed by atoms with Gasteiger partial charge in [-0.3, -0.25) is 14.0 Å². The van der Waals surface area contributed by atoms with Crippen LogP contribution in [-0.4, -0.2) is 75.3 Å². The van der Waals surface area contributed by atoms with Gasteiger partial charge in [0.2, 0.25) is 5.91 Å². The van der Waals surface area contributed by atoms with Crippen molar-refractivity contribution in [3.8, 4) is 11.3 Å². The number of piperazine rings is 1. The number of aryl methyl sites for hydroxylation is 1. The summed E-state index contributed by atoms with van der Waals surface area (Å²) in [5.74, 6) is -1.36. The van der Waals surface area contributed by atoms with E-state index in [9.17, 15) is 18.4 Å². The summed E-state index contributed by atoms with van der Waals surface area (Å²) in [6, 6.07) is 10.5. The van der Waals surface area contributed by atoms with Gasteiger partial charge in [-0.1, -0.05) is 13.0 Å². The average molecular weight is 573 g/mol. The van der Waals surface area contributed by atoms with Crippen molar-refractivity contribution in [1.82, 2.24) is 29.5 Å². The highest BCUT2D eigenvalue weighted by Gasteiger charge is 2.30. The molecule has 2 amide bonds. The molecule has 0 unspecified atom stereocenters. The Morgan fingerprint density at radius 3 is 2.60 bits per heavy atom. The van der Waals surface area contributed by atoms with Gasteiger partial charge < -0.3 is 20.4 Å². The fourth-order valence-corrected chi connectivity index (χ4v) is 5.79. The third-order valence-corrected chi connectivity index (χ3v) is 8.14. The van der Waals surface area contributed by atoms with Crippen LogP contribution in [0.1, 0.15) is 35.7 Å². The third kappa shape index (κ3) is 5.32. The van der Waals surface area contributed by atoms with E-state index < -0.39 is 11.6 Å². The van der Waals surface area contributed by atoms with Crippen molar-refractivity contribution in [2.75, 3.05) is 44.6 Å². The van der Waals surface area contributed by atoms with Crippen LogP contribution in [0.3, 0.4) is 0 Å². The smallest absolute Gasteiger partial charge is 0.254 e. The van der Waals surface area contributed by atoms with Crippen LogP contribution >= 0.6 is 0 Å². The van der Waals surface area contributed by atoms with Gasteiger partial charge in [0.15, 0.2) is 23.1 Å². The van der Waals surface area contributed by atoms with Gasteiger partial charge >= 0.3 is 0 Å². The molecule has 0 saturated carbocycles. The molecule has 0 atom stereocenters. The second-order valence-corrected chi connectivity index (χ2v) is 10.6. The Morgan fingerprint density at radius 1 is 1.07 bits per heavy atom. The molecule has 2 saturated heterocycles. The monoisotopic (exact) mass is 572 g/mol. The third-order valence-electron chi connectivity index (χ3n) is 8.14.